The van der Waals surface area contributed by atoms with Crippen molar-refractivity contribution in [2.45, 2.75) is 85.5 Å². The Hall–Kier alpha value is -0.0400. The van der Waals surface area contributed by atoms with E-state index >= 15 is 0 Å². The van der Waals surface area contributed by atoms with Crippen LogP contribution in [0.25, 0.3) is 0 Å². The largest absolute Gasteiger partial charge is 0.381 e. The maximum atomic E-state index is 5.89. The summed E-state index contributed by atoms with van der Waals surface area (Å²) in [4.78, 5) is 0. The Bertz CT molecular complexity index is 194. The van der Waals surface area contributed by atoms with Crippen molar-refractivity contribution in [3.05, 3.63) is 0 Å². The third-order valence-corrected chi connectivity index (χ3v) is 5.43. The summed E-state index contributed by atoms with van der Waals surface area (Å²) in [5.74, 6) is 3.53. The Labute approximate surface area is 127 Å². The van der Waals surface area contributed by atoms with Crippen LogP contribution in [0.4, 0.5) is 0 Å². The first-order valence-corrected chi connectivity index (χ1v) is 9.23. The van der Waals surface area contributed by atoms with Gasteiger partial charge in [0.2, 0.25) is 0 Å². The first kappa shape index (κ1) is 18.0. The molecule has 2 atom stereocenters. The van der Waals surface area contributed by atoms with Crippen LogP contribution in [0.2, 0.25) is 0 Å². The highest BCUT2D eigenvalue weighted by Gasteiger charge is 2.21. The lowest BCUT2D eigenvalue weighted by atomic mass is 9.79. The molecule has 1 heteroatoms. The lowest BCUT2D eigenvalue weighted by Gasteiger charge is -2.29. The van der Waals surface area contributed by atoms with E-state index in [0.717, 1.165) is 36.9 Å². The fourth-order valence-electron chi connectivity index (χ4n) is 3.20. The summed E-state index contributed by atoms with van der Waals surface area (Å²) >= 11 is 0. The van der Waals surface area contributed by atoms with Crippen molar-refractivity contribution < 1.29 is 4.74 Å². The van der Waals surface area contributed by atoms with Crippen molar-refractivity contribution in [3.8, 4) is 0 Å². The predicted molar refractivity (Wildman–Crippen MR) is 89.0 cm³/mol. The van der Waals surface area contributed by atoms with Gasteiger partial charge in [-0.15, -0.1) is 0 Å². The Morgan fingerprint density at radius 2 is 1.50 bits per heavy atom. The molecule has 0 amide bonds. The van der Waals surface area contributed by atoms with Crippen molar-refractivity contribution in [1.29, 1.82) is 0 Å². The van der Waals surface area contributed by atoms with E-state index in [0.29, 0.717) is 0 Å². The highest BCUT2D eigenvalue weighted by atomic mass is 16.5. The molecule has 2 unspecified atom stereocenters. The summed E-state index contributed by atoms with van der Waals surface area (Å²) in [7, 11) is 0. The molecule has 0 spiro atoms. The van der Waals surface area contributed by atoms with E-state index in [1.807, 2.05) is 0 Å². The first-order valence-electron chi connectivity index (χ1n) is 9.23. The molecule has 1 nitrogen and oxygen atoms in total. The molecule has 120 valence electrons. The van der Waals surface area contributed by atoms with Crippen LogP contribution in [0.1, 0.15) is 85.5 Å². The molecule has 0 radical (unpaired) electrons. The molecule has 1 rings (SSSR count). The minimum Gasteiger partial charge on any atom is -0.381 e. The van der Waals surface area contributed by atoms with Crippen LogP contribution >= 0.6 is 0 Å². The second-order valence-corrected chi connectivity index (χ2v) is 7.38. The van der Waals surface area contributed by atoms with Gasteiger partial charge in [-0.25, -0.2) is 0 Å². The van der Waals surface area contributed by atoms with Crippen molar-refractivity contribution in [2.24, 2.45) is 23.7 Å². The van der Waals surface area contributed by atoms with E-state index in [1.54, 1.807) is 0 Å². The van der Waals surface area contributed by atoms with Crippen molar-refractivity contribution in [1.82, 2.24) is 0 Å². The molecule has 0 heterocycles. The Morgan fingerprint density at radius 3 is 2.10 bits per heavy atom. The molecule has 0 N–H and O–H groups in total. The van der Waals surface area contributed by atoms with Crippen LogP contribution in [-0.2, 0) is 4.74 Å². The van der Waals surface area contributed by atoms with Gasteiger partial charge in [0.1, 0.15) is 0 Å². The zero-order chi connectivity index (χ0) is 14.8. The van der Waals surface area contributed by atoms with Crippen LogP contribution in [0, 0.1) is 23.7 Å². The lowest BCUT2D eigenvalue weighted by Crippen LogP contribution is -2.20. The number of rotatable bonds is 10. The average molecular weight is 283 g/mol. The fourth-order valence-corrected chi connectivity index (χ4v) is 3.20. The molecule has 1 aliphatic rings. The van der Waals surface area contributed by atoms with Gasteiger partial charge in [-0.05, 0) is 36.5 Å². The van der Waals surface area contributed by atoms with Crippen LogP contribution < -0.4 is 0 Å². The number of hydrogen-bond acceptors (Lipinski definition) is 1. The molecule has 0 aliphatic heterocycles. The third kappa shape index (κ3) is 7.67. The van der Waals surface area contributed by atoms with Crippen LogP contribution in [0.15, 0.2) is 0 Å². The van der Waals surface area contributed by atoms with Crippen LogP contribution in [0.5, 0.6) is 0 Å². The highest BCUT2D eigenvalue weighted by Crippen LogP contribution is 2.32. The summed E-state index contributed by atoms with van der Waals surface area (Å²) in [6.45, 7) is 11.2. The summed E-state index contributed by atoms with van der Waals surface area (Å²) in [6, 6.07) is 0. The van der Waals surface area contributed by atoms with Crippen molar-refractivity contribution in [3.63, 3.8) is 0 Å². The minimum absolute atomic E-state index is 0.729. The molecule has 0 aromatic heterocycles. The van der Waals surface area contributed by atoms with Gasteiger partial charge in [-0.2, -0.15) is 0 Å². The maximum absolute atomic E-state index is 5.89. The molecule has 20 heavy (non-hydrogen) atoms. The van der Waals surface area contributed by atoms with Gasteiger partial charge in [-0.3, -0.25) is 0 Å². The van der Waals surface area contributed by atoms with E-state index in [1.165, 1.54) is 57.8 Å². The highest BCUT2D eigenvalue weighted by molar-refractivity contribution is 4.73. The third-order valence-electron chi connectivity index (χ3n) is 5.43. The number of ether oxygens (including phenoxy) is 1. The Morgan fingerprint density at radius 1 is 0.900 bits per heavy atom. The van der Waals surface area contributed by atoms with E-state index < -0.39 is 0 Å². The topological polar surface area (TPSA) is 9.23 Å². The molecule has 0 aromatic rings. The first-order chi connectivity index (χ1) is 9.65. The second kappa shape index (κ2) is 10.7. The fraction of sp³-hybridized carbons (Fsp3) is 1.00. The summed E-state index contributed by atoms with van der Waals surface area (Å²) in [6.07, 6.45) is 12.7. The predicted octanol–water partition coefficient (Wildman–Crippen LogP) is 6.07. The monoisotopic (exact) mass is 282 g/mol. The van der Waals surface area contributed by atoms with Gasteiger partial charge >= 0.3 is 0 Å². The molecule has 0 bridgehead atoms. The quantitative estimate of drug-likeness (QED) is 0.472. The van der Waals surface area contributed by atoms with Crippen LogP contribution in [0.3, 0.4) is 0 Å². The zero-order valence-electron chi connectivity index (χ0n) is 14.5. The molecule has 1 fully saturated rings. The summed E-state index contributed by atoms with van der Waals surface area (Å²) in [5.41, 5.74) is 0. The second-order valence-electron chi connectivity index (χ2n) is 7.38. The Balaban J connectivity index is 2.02. The van der Waals surface area contributed by atoms with E-state index in [9.17, 15) is 0 Å². The molecule has 0 aromatic carbocycles. The summed E-state index contributed by atoms with van der Waals surface area (Å²) < 4.78 is 5.89. The van der Waals surface area contributed by atoms with Gasteiger partial charge < -0.3 is 4.74 Å². The van der Waals surface area contributed by atoms with Gasteiger partial charge in [0.05, 0.1) is 0 Å². The van der Waals surface area contributed by atoms with Gasteiger partial charge in [-0.1, -0.05) is 72.6 Å². The Kier molecular flexibility index (Phi) is 9.59. The lowest BCUT2D eigenvalue weighted by molar-refractivity contribution is 0.0568. The van der Waals surface area contributed by atoms with E-state index in [4.69, 9.17) is 4.74 Å². The standard InChI is InChI=1S/C19H38O/c1-5-16(3)8-7-9-18-10-12-19(13-11-18)15-20-14-17(4)6-2/h16-19H,5-15H2,1-4H3. The van der Waals surface area contributed by atoms with Gasteiger partial charge in [0, 0.05) is 13.2 Å². The van der Waals surface area contributed by atoms with E-state index in [-0.39, 0.29) is 0 Å². The summed E-state index contributed by atoms with van der Waals surface area (Å²) in [5, 5.41) is 0. The molecular formula is C19H38O. The molecule has 0 saturated heterocycles. The molecule has 1 aliphatic carbocycles. The molecular weight excluding hydrogens is 244 g/mol. The zero-order valence-corrected chi connectivity index (χ0v) is 14.5. The van der Waals surface area contributed by atoms with Gasteiger partial charge in [0.25, 0.3) is 0 Å². The minimum atomic E-state index is 0.729. The van der Waals surface area contributed by atoms with E-state index in [2.05, 4.69) is 27.7 Å². The normalized spacial score (nSPS) is 26.4. The maximum Gasteiger partial charge on any atom is 0.0494 e. The van der Waals surface area contributed by atoms with Gasteiger partial charge in [0.15, 0.2) is 0 Å². The SMILES string of the molecule is CCC(C)CCCC1CCC(COCC(C)CC)CC1. The average Bonchev–Trinajstić information content (AvgIpc) is 2.48. The smallest absolute Gasteiger partial charge is 0.0494 e. The molecule has 1 saturated carbocycles. The van der Waals surface area contributed by atoms with Crippen molar-refractivity contribution >= 4 is 0 Å². The van der Waals surface area contributed by atoms with Crippen LogP contribution in [-0.4, -0.2) is 13.2 Å². The van der Waals surface area contributed by atoms with Crippen molar-refractivity contribution in [2.75, 3.05) is 13.2 Å². The number of hydrogen-bond donors (Lipinski definition) is 0.